The quantitative estimate of drug-likeness (QED) is 0.170. The van der Waals surface area contributed by atoms with Gasteiger partial charge in [0.05, 0.1) is 11.3 Å². The number of allylic oxidation sites excluding steroid dienone is 2. The van der Waals surface area contributed by atoms with Crippen LogP contribution >= 0.6 is 0 Å². The van der Waals surface area contributed by atoms with Crippen LogP contribution < -0.4 is 14.5 Å². The van der Waals surface area contributed by atoms with Gasteiger partial charge in [-0.25, -0.2) is 9.69 Å². The van der Waals surface area contributed by atoms with Crippen molar-refractivity contribution in [3.05, 3.63) is 89.5 Å². The van der Waals surface area contributed by atoms with Crippen molar-refractivity contribution in [1.29, 1.82) is 0 Å². The van der Waals surface area contributed by atoms with E-state index in [9.17, 15) is 14.4 Å². The summed E-state index contributed by atoms with van der Waals surface area (Å²) in [6.45, 7) is 6.24. The molecule has 0 saturated carbocycles. The molecular formula is C32H32N2O4. The van der Waals surface area contributed by atoms with E-state index in [4.69, 9.17) is 4.74 Å². The molecule has 0 aromatic heterocycles. The fourth-order valence-electron chi connectivity index (χ4n) is 5.08. The molecule has 0 N–H and O–H groups in total. The van der Waals surface area contributed by atoms with Crippen LogP contribution in [0.25, 0.3) is 10.8 Å². The van der Waals surface area contributed by atoms with Crippen LogP contribution in [0, 0.1) is 0 Å². The van der Waals surface area contributed by atoms with Crippen LogP contribution in [-0.2, 0) is 4.79 Å². The largest absolute Gasteiger partial charge is 0.423 e. The average Bonchev–Trinajstić information content (AvgIpc) is 3.48. The topological polar surface area (TPSA) is 66.9 Å². The number of hydrogen-bond donors (Lipinski definition) is 0. The lowest BCUT2D eigenvalue weighted by Crippen LogP contribution is -2.40. The van der Waals surface area contributed by atoms with E-state index in [2.05, 4.69) is 18.7 Å². The zero-order valence-electron chi connectivity index (χ0n) is 21.9. The molecule has 0 bridgehead atoms. The van der Waals surface area contributed by atoms with Crippen molar-refractivity contribution < 1.29 is 19.1 Å². The number of carbonyl (C=O) groups excluding carboxylic acids is 3. The Morgan fingerprint density at radius 1 is 0.895 bits per heavy atom. The van der Waals surface area contributed by atoms with E-state index in [0.717, 1.165) is 55.2 Å². The normalized spacial score (nSPS) is 14.3. The Morgan fingerprint density at radius 2 is 1.58 bits per heavy atom. The molecule has 0 fully saturated rings. The molecule has 0 spiro atoms. The molecule has 3 aromatic rings. The summed E-state index contributed by atoms with van der Waals surface area (Å²) in [6.07, 6.45) is 10.5. The summed E-state index contributed by atoms with van der Waals surface area (Å²) in [5.41, 5.74) is 3.04. The minimum absolute atomic E-state index is 0.350. The average molecular weight is 509 g/mol. The molecule has 0 unspecified atom stereocenters. The maximum absolute atomic E-state index is 13.7. The Kier molecular flexibility index (Phi) is 7.40. The third-order valence-electron chi connectivity index (χ3n) is 7.10. The summed E-state index contributed by atoms with van der Waals surface area (Å²) in [7, 11) is 0. The van der Waals surface area contributed by atoms with Crippen LogP contribution in [0.1, 0.15) is 66.7 Å². The zero-order chi connectivity index (χ0) is 26.6. The van der Waals surface area contributed by atoms with Crippen molar-refractivity contribution in [2.24, 2.45) is 0 Å². The van der Waals surface area contributed by atoms with Gasteiger partial charge in [0.1, 0.15) is 5.75 Å². The number of unbranched alkanes of at least 4 members (excludes halogenated alkanes) is 2. The first-order chi connectivity index (χ1) is 18.5. The maximum atomic E-state index is 13.7. The first kappa shape index (κ1) is 25.5. The van der Waals surface area contributed by atoms with Crippen molar-refractivity contribution in [3.63, 3.8) is 0 Å². The second-order valence-electron chi connectivity index (χ2n) is 9.68. The highest BCUT2D eigenvalue weighted by atomic mass is 16.5. The van der Waals surface area contributed by atoms with Crippen LogP contribution in [0.5, 0.6) is 5.75 Å². The van der Waals surface area contributed by atoms with Gasteiger partial charge in [0.25, 0.3) is 11.8 Å². The third kappa shape index (κ3) is 4.74. The number of imide groups is 1. The van der Waals surface area contributed by atoms with Crippen LogP contribution in [0.4, 0.5) is 11.4 Å². The smallest absolute Gasteiger partial charge is 0.343 e. The summed E-state index contributed by atoms with van der Waals surface area (Å²) in [4.78, 5) is 43.2. The fourth-order valence-corrected chi connectivity index (χ4v) is 5.08. The molecule has 2 amide bonds. The zero-order valence-corrected chi connectivity index (χ0v) is 21.9. The number of carbonyl (C=O) groups is 3. The Morgan fingerprint density at radius 3 is 2.21 bits per heavy atom. The van der Waals surface area contributed by atoms with Crippen molar-refractivity contribution >= 4 is 39.9 Å². The summed E-state index contributed by atoms with van der Waals surface area (Å²) in [5.74, 6) is -0.793. The van der Waals surface area contributed by atoms with Crippen molar-refractivity contribution in [3.8, 4) is 5.75 Å². The monoisotopic (exact) mass is 508 g/mol. The second-order valence-corrected chi connectivity index (χ2v) is 9.68. The number of nitrogens with zero attached hydrogens (tertiary/aromatic N) is 2. The van der Waals surface area contributed by atoms with E-state index in [1.54, 1.807) is 42.5 Å². The summed E-state index contributed by atoms with van der Waals surface area (Å²) >= 11 is 0. The van der Waals surface area contributed by atoms with Crippen LogP contribution in [0.3, 0.4) is 0 Å². The van der Waals surface area contributed by atoms with Crippen molar-refractivity contribution in [1.82, 2.24) is 0 Å². The first-order valence-corrected chi connectivity index (χ1v) is 13.4. The molecule has 1 aliphatic heterocycles. The summed E-state index contributed by atoms with van der Waals surface area (Å²) < 4.78 is 5.44. The molecule has 5 rings (SSSR count). The number of rotatable bonds is 10. The number of benzene rings is 3. The second kappa shape index (κ2) is 11.1. The molecule has 38 heavy (non-hydrogen) atoms. The molecule has 6 nitrogen and oxygen atoms in total. The minimum atomic E-state index is -0.431. The number of amides is 2. The molecule has 1 aliphatic carbocycles. The van der Waals surface area contributed by atoms with E-state index in [0.29, 0.717) is 34.6 Å². The number of esters is 1. The van der Waals surface area contributed by atoms with E-state index in [-0.39, 0.29) is 11.8 Å². The molecule has 0 atom stereocenters. The third-order valence-corrected chi connectivity index (χ3v) is 7.10. The summed E-state index contributed by atoms with van der Waals surface area (Å²) in [5, 5.41) is 1.66. The van der Waals surface area contributed by atoms with E-state index >= 15 is 0 Å². The Labute approximate surface area is 223 Å². The van der Waals surface area contributed by atoms with Gasteiger partial charge in [-0.2, -0.15) is 0 Å². The van der Waals surface area contributed by atoms with Gasteiger partial charge < -0.3 is 9.64 Å². The van der Waals surface area contributed by atoms with Gasteiger partial charge in [-0.15, -0.1) is 0 Å². The minimum Gasteiger partial charge on any atom is -0.423 e. The van der Waals surface area contributed by atoms with Gasteiger partial charge in [0, 0.05) is 40.7 Å². The highest BCUT2D eigenvalue weighted by molar-refractivity contribution is 6.36. The predicted octanol–water partition coefficient (Wildman–Crippen LogP) is 6.84. The molecule has 0 radical (unpaired) electrons. The van der Waals surface area contributed by atoms with Gasteiger partial charge in [-0.1, -0.05) is 57.0 Å². The van der Waals surface area contributed by atoms with Gasteiger partial charge in [0.2, 0.25) is 0 Å². The highest BCUT2D eigenvalue weighted by Gasteiger charge is 2.35. The SMILES string of the molecule is CCCCN(CCCC)c1ccc2c3c(cccc13)C(=O)N(c1ccc(OC(=O)C3=CCC=C3)cc1)C2=O. The fraction of sp³-hybridized carbons (Fsp3) is 0.281. The Hall–Kier alpha value is -4.19. The number of ether oxygens (including phenoxy) is 1. The molecule has 194 valence electrons. The molecule has 1 heterocycles. The molecule has 3 aromatic carbocycles. The van der Waals surface area contributed by atoms with E-state index in [1.807, 2.05) is 30.3 Å². The first-order valence-electron chi connectivity index (χ1n) is 13.4. The maximum Gasteiger partial charge on any atom is 0.343 e. The lowest BCUT2D eigenvalue weighted by atomic mass is 9.92. The summed E-state index contributed by atoms with van der Waals surface area (Å²) in [6, 6.07) is 16.0. The lowest BCUT2D eigenvalue weighted by molar-refractivity contribution is -0.129. The van der Waals surface area contributed by atoms with Gasteiger partial charge in [-0.3, -0.25) is 9.59 Å². The van der Waals surface area contributed by atoms with E-state index in [1.165, 1.54) is 4.90 Å². The molecule has 6 heteroatoms. The van der Waals surface area contributed by atoms with Crippen molar-refractivity contribution in [2.45, 2.75) is 46.0 Å². The van der Waals surface area contributed by atoms with Crippen LogP contribution in [-0.4, -0.2) is 30.9 Å². The van der Waals surface area contributed by atoms with Crippen LogP contribution in [0.15, 0.2) is 78.4 Å². The lowest BCUT2D eigenvalue weighted by Gasteiger charge is -2.31. The number of anilines is 2. The van der Waals surface area contributed by atoms with Gasteiger partial charge >= 0.3 is 5.97 Å². The number of hydrogen-bond acceptors (Lipinski definition) is 5. The molecular weight excluding hydrogens is 476 g/mol. The van der Waals surface area contributed by atoms with Crippen LogP contribution in [0.2, 0.25) is 0 Å². The molecule has 0 saturated heterocycles. The van der Waals surface area contributed by atoms with E-state index < -0.39 is 5.97 Å². The Balaban J connectivity index is 1.46. The standard InChI is InChI=1S/C32H32N2O4/c1-3-5-20-33(21-6-4-2)28-19-18-27-29-25(28)12-9-13-26(29)30(35)34(31(27)36)23-14-16-24(17-15-23)38-32(37)22-10-7-8-11-22/h7,9-19H,3-6,8,20-21H2,1-2H3. The van der Waals surface area contributed by atoms with Crippen molar-refractivity contribution in [2.75, 3.05) is 22.9 Å². The Bertz CT molecular complexity index is 1420. The van der Waals surface area contributed by atoms with Gasteiger partial charge in [-0.05, 0) is 61.7 Å². The highest BCUT2D eigenvalue weighted by Crippen LogP contribution is 2.38. The predicted molar refractivity (Wildman–Crippen MR) is 151 cm³/mol. The van der Waals surface area contributed by atoms with Gasteiger partial charge in [0.15, 0.2) is 0 Å². The molecule has 2 aliphatic rings.